The molecule has 1 aliphatic rings. The number of benzene rings is 1. The van der Waals surface area contributed by atoms with Crippen molar-refractivity contribution >= 4 is 23.6 Å². The Morgan fingerprint density at radius 3 is 2.79 bits per heavy atom. The van der Waals surface area contributed by atoms with Gasteiger partial charge in [-0.15, -0.1) is 11.8 Å². The highest BCUT2D eigenvalue weighted by molar-refractivity contribution is 7.99. The Kier molecular flexibility index (Phi) is 4.89. The smallest absolute Gasteiger partial charge is 0.330 e. The number of thioether (sulfide) groups is 1. The Morgan fingerprint density at radius 1 is 1.33 bits per heavy atom. The zero-order valence-corrected chi connectivity index (χ0v) is 13.8. The number of nitrogens with zero attached hydrogens (tertiary/aromatic N) is 1. The lowest BCUT2D eigenvalue weighted by molar-refractivity contribution is -0.154. The van der Waals surface area contributed by atoms with E-state index in [1.807, 2.05) is 0 Å². The van der Waals surface area contributed by atoms with E-state index in [1.165, 1.54) is 35.9 Å². The minimum atomic E-state index is -0.714. The lowest BCUT2D eigenvalue weighted by Gasteiger charge is -2.25. The van der Waals surface area contributed by atoms with Crippen LogP contribution in [0.15, 0.2) is 47.1 Å². The van der Waals surface area contributed by atoms with E-state index in [0.29, 0.717) is 17.1 Å². The van der Waals surface area contributed by atoms with Crippen molar-refractivity contribution in [1.82, 2.24) is 4.90 Å². The molecular formula is C17H16FNO4S. The van der Waals surface area contributed by atoms with E-state index in [-0.39, 0.29) is 17.9 Å². The molecule has 0 unspecified atom stereocenters. The van der Waals surface area contributed by atoms with Crippen LogP contribution in [-0.4, -0.2) is 28.6 Å². The summed E-state index contributed by atoms with van der Waals surface area (Å²) in [5.74, 6) is -0.201. The standard InChI is InChI=1S/C17H16FNO4S/c1-11(20)19-14(10-24-16(19)15-7-4-8-22-15)17(21)23-9-12-5-2-3-6-13(12)18/h2-8,14,16H,9-10H2,1H3/t14-,16+/m1/s1. The minimum Gasteiger partial charge on any atom is -0.466 e. The van der Waals surface area contributed by atoms with Crippen LogP contribution in [0, 0.1) is 5.82 Å². The second kappa shape index (κ2) is 7.09. The molecule has 1 aromatic heterocycles. The van der Waals surface area contributed by atoms with E-state index >= 15 is 0 Å². The highest BCUT2D eigenvalue weighted by atomic mass is 32.2. The molecule has 5 nitrogen and oxygen atoms in total. The monoisotopic (exact) mass is 349 g/mol. The van der Waals surface area contributed by atoms with Crippen LogP contribution in [0.2, 0.25) is 0 Å². The Balaban J connectivity index is 1.70. The summed E-state index contributed by atoms with van der Waals surface area (Å²) in [6, 6.07) is 8.89. The maximum absolute atomic E-state index is 13.6. The Hall–Kier alpha value is -2.28. The predicted molar refractivity (Wildman–Crippen MR) is 86.4 cm³/mol. The van der Waals surface area contributed by atoms with Gasteiger partial charge in [0.15, 0.2) is 0 Å². The third kappa shape index (κ3) is 3.31. The summed E-state index contributed by atoms with van der Waals surface area (Å²) in [6.07, 6.45) is 1.53. The van der Waals surface area contributed by atoms with Crippen molar-refractivity contribution in [2.75, 3.05) is 5.75 Å². The molecule has 3 rings (SSSR count). The molecule has 1 saturated heterocycles. The summed E-state index contributed by atoms with van der Waals surface area (Å²) in [5, 5.41) is -0.358. The molecule has 1 fully saturated rings. The number of esters is 1. The molecule has 0 saturated carbocycles. The van der Waals surface area contributed by atoms with Crippen LogP contribution in [-0.2, 0) is 20.9 Å². The van der Waals surface area contributed by atoms with Crippen molar-refractivity contribution in [2.24, 2.45) is 0 Å². The van der Waals surface area contributed by atoms with Crippen LogP contribution < -0.4 is 0 Å². The molecule has 7 heteroatoms. The van der Waals surface area contributed by atoms with Gasteiger partial charge in [0.2, 0.25) is 5.91 Å². The quantitative estimate of drug-likeness (QED) is 0.794. The number of hydrogen-bond acceptors (Lipinski definition) is 5. The highest BCUT2D eigenvalue weighted by Crippen LogP contribution is 2.41. The van der Waals surface area contributed by atoms with Crippen LogP contribution in [0.4, 0.5) is 4.39 Å². The fourth-order valence-electron chi connectivity index (χ4n) is 2.58. The molecule has 0 N–H and O–H groups in total. The first-order valence-electron chi connectivity index (χ1n) is 7.42. The van der Waals surface area contributed by atoms with Crippen molar-refractivity contribution in [3.8, 4) is 0 Å². The van der Waals surface area contributed by atoms with E-state index in [9.17, 15) is 14.0 Å². The molecule has 0 spiro atoms. The van der Waals surface area contributed by atoms with Gasteiger partial charge < -0.3 is 14.1 Å². The molecule has 2 heterocycles. The van der Waals surface area contributed by atoms with Gasteiger partial charge in [0.1, 0.15) is 29.6 Å². The number of amides is 1. The number of furan rings is 1. The summed E-state index contributed by atoms with van der Waals surface area (Å²) in [4.78, 5) is 25.8. The Labute approximate surface area is 142 Å². The number of carbonyl (C=O) groups excluding carboxylic acids is 2. The molecule has 1 aromatic carbocycles. The van der Waals surface area contributed by atoms with Gasteiger partial charge in [-0.1, -0.05) is 18.2 Å². The topological polar surface area (TPSA) is 59.8 Å². The average molecular weight is 349 g/mol. The van der Waals surface area contributed by atoms with E-state index in [2.05, 4.69) is 0 Å². The van der Waals surface area contributed by atoms with Gasteiger partial charge in [0.05, 0.1) is 6.26 Å². The van der Waals surface area contributed by atoms with Crippen LogP contribution in [0.5, 0.6) is 0 Å². The van der Waals surface area contributed by atoms with Gasteiger partial charge in [-0.25, -0.2) is 9.18 Å². The molecule has 1 aliphatic heterocycles. The van der Waals surface area contributed by atoms with E-state index in [0.717, 1.165) is 0 Å². The molecule has 0 radical (unpaired) electrons. The Morgan fingerprint density at radius 2 is 2.12 bits per heavy atom. The van der Waals surface area contributed by atoms with Crippen LogP contribution in [0.25, 0.3) is 0 Å². The average Bonchev–Trinajstić information content (AvgIpc) is 3.22. The number of rotatable bonds is 4. The van der Waals surface area contributed by atoms with Gasteiger partial charge in [-0.05, 0) is 18.2 Å². The normalized spacial score (nSPS) is 20.2. The molecule has 2 atom stereocenters. The van der Waals surface area contributed by atoms with Crippen LogP contribution in [0.1, 0.15) is 23.6 Å². The van der Waals surface area contributed by atoms with Gasteiger partial charge in [0, 0.05) is 18.2 Å². The van der Waals surface area contributed by atoms with Crippen LogP contribution >= 0.6 is 11.8 Å². The molecule has 126 valence electrons. The van der Waals surface area contributed by atoms with Crippen molar-refractivity contribution in [3.63, 3.8) is 0 Å². The minimum absolute atomic E-state index is 0.163. The summed E-state index contributed by atoms with van der Waals surface area (Å²) in [7, 11) is 0. The third-order valence-electron chi connectivity index (χ3n) is 3.75. The second-order valence-electron chi connectivity index (χ2n) is 5.34. The van der Waals surface area contributed by atoms with Crippen LogP contribution in [0.3, 0.4) is 0 Å². The van der Waals surface area contributed by atoms with Gasteiger partial charge in [0.25, 0.3) is 0 Å². The maximum atomic E-state index is 13.6. The van der Waals surface area contributed by atoms with E-state index in [4.69, 9.17) is 9.15 Å². The second-order valence-corrected chi connectivity index (χ2v) is 6.46. The molecule has 0 bridgehead atoms. The Bertz CT molecular complexity index is 734. The highest BCUT2D eigenvalue weighted by Gasteiger charge is 2.43. The molecule has 24 heavy (non-hydrogen) atoms. The fourth-order valence-corrected chi connectivity index (χ4v) is 4.00. The molecular weight excluding hydrogens is 333 g/mol. The first-order chi connectivity index (χ1) is 11.6. The van der Waals surface area contributed by atoms with Gasteiger partial charge in [-0.2, -0.15) is 0 Å². The number of halogens is 1. The van der Waals surface area contributed by atoms with E-state index < -0.39 is 17.8 Å². The zero-order chi connectivity index (χ0) is 17.1. The first kappa shape index (κ1) is 16.6. The summed E-state index contributed by atoms with van der Waals surface area (Å²) in [5.41, 5.74) is 0.299. The lowest BCUT2D eigenvalue weighted by atomic mass is 10.2. The number of hydrogen-bond donors (Lipinski definition) is 0. The van der Waals surface area contributed by atoms with Crippen molar-refractivity contribution in [1.29, 1.82) is 0 Å². The first-order valence-corrected chi connectivity index (χ1v) is 8.46. The molecule has 0 aliphatic carbocycles. The summed E-state index contributed by atoms with van der Waals surface area (Å²) < 4.78 is 24.2. The van der Waals surface area contributed by atoms with Crippen molar-refractivity contribution < 1.29 is 23.1 Å². The zero-order valence-electron chi connectivity index (χ0n) is 13.0. The number of ether oxygens (including phenoxy) is 1. The summed E-state index contributed by atoms with van der Waals surface area (Å²) >= 11 is 1.43. The van der Waals surface area contributed by atoms with Gasteiger partial charge in [-0.3, -0.25) is 4.79 Å². The number of carbonyl (C=O) groups is 2. The van der Waals surface area contributed by atoms with E-state index in [1.54, 1.807) is 30.3 Å². The predicted octanol–water partition coefficient (Wildman–Crippen LogP) is 3.12. The summed E-state index contributed by atoms with van der Waals surface area (Å²) in [6.45, 7) is 1.24. The SMILES string of the molecule is CC(=O)N1[C@@H](C(=O)OCc2ccccc2F)CS[C@H]1c1ccco1. The van der Waals surface area contributed by atoms with Crippen molar-refractivity contribution in [2.45, 2.75) is 24.9 Å². The maximum Gasteiger partial charge on any atom is 0.330 e. The largest absolute Gasteiger partial charge is 0.466 e. The molecule has 2 aromatic rings. The van der Waals surface area contributed by atoms with Crippen molar-refractivity contribution in [3.05, 3.63) is 59.8 Å². The fraction of sp³-hybridized carbons (Fsp3) is 0.294. The lowest BCUT2D eigenvalue weighted by Crippen LogP contribution is -2.42. The third-order valence-corrected chi connectivity index (χ3v) is 5.03. The van der Waals surface area contributed by atoms with Gasteiger partial charge >= 0.3 is 5.97 Å². The molecule has 1 amide bonds.